The van der Waals surface area contributed by atoms with Crippen LogP contribution in [0.4, 0.5) is 0 Å². The molecule has 7 rings (SSSR count). The van der Waals surface area contributed by atoms with Crippen molar-refractivity contribution in [3.05, 3.63) is 119 Å². The average molecular weight is 589 g/mol. The van der Waals surface area contributed by atoms with Crippen molar-refractivity contribution in [2.75, 3.05) is 13.1 Å². The SMILES string of the molecule is O=C(O)C1(c2ccccc2)CCN(Cc2ccc(-c3cn(Cc4ccc(C5CCCCC5)cc4)c4ccccc34)s2)CC1. The lowest BCUT2D eigenvalue weighted by atomic mass is 9.73. The van der Waals surface area contributed by atoms with Gasteiger partial charge in [-0.2, -0.15) is 0 Å². The van der Waals surface area contributed by atoms with Crippen molar-refractivity contribution in [3.63, 3.8) is 0 Å². The highest BCUT2D eigenvalue weighted by Gasteiger charge is 2.43. The van der Waals surface area contributed by atoms with Crippen molar-refractivity contribution in [2.45, 2.75) is 69.4 Å². The molecule has 3 heterocycles. The largest absolute Gasteiger partial charge is 0.481 e. The van der Waals surface area contributed by atoms with Crippen molar-refractivity contribution in [1.29, 1.82) is 0 Å². The van der Waals surface area contributed by atoms with Gasteiger partial charge in [0, 0.05) is 45.5 Å². The van der Waals surface area contributed by atoms with Crippen LogP contribution in [-0.4, -0.2) is 33.6 Å². The highest BCUT2D eigenvalue weighted by Crippen LogP contribution is 2.39. The first kappa shape index (κ1) is 28.1. The molecule has 5 aromatic rings. The third-order valence-corrected chi connectivity index (χ3v) is 11.1. The number of hydrogen-bond acceptors (Lipinski definition) is 3. The predicted octanol–water partition coefficient (Wildman–Crippen LogP) is 9.08. The average Bonchev–Trinajstić information content (AvgIpc) is 3.67. The number of carbonyl (C=O) groups is 1. The lowest BCUT2D eigenvalue weighted by molar-refractivity contribution is -0.146. The molecule has 0 amide bonds. The first-order valence-corrected chi connectivity index (χ1v) is 16.7. The fraction of sp³-hybridized carbons (Fsp3) is 0.342. The van der Waals surface area contributed by atoms with Crippen LogP contribution in [0, 0.1) is 0 Å². The van der Waals surface area contributed by atoms with Gasteiger partial charge in [-0.25, -0.2) is 0 Å². The van der Waals surface area contributed by atoms with Crippen LogP contribution in [0.1, 0.15) is 72.4 Å². The van der Waals surface area contributed by atoms with Gasteiger partial charge in [-0.15, -0.1) is 11.3 Å². The molecule has 5 heteroatoms. The molecule has 1 saturated carbocycles. The minimum absolute atomic E-state index is 0.639. The Kier molecular flexibility index (Phi) is 7.94. The predicted molar refractivity (Wildman–Crippen MR) is 177 cm³/mol. The number of aliphatic carboxylic acids is 1. The Morgan fingerprint density at radius 2 is 1.53 bits per heavy atom. The minimum Gasteiger partial charge on any atom is -0.481 e. The minimum atomic E-state index is -0.781. The van der Waals surface area contributed by atoms with E-state index in [1.807, 2.05) is 41.7 Å². The standard InChI is InChI=1S/C38H40N2O2S/c41-37(42)38(31-11-5-2-6-12-31)21-23-39(24-22-38)26-32-19-20-36(43-32)34-27-40(35-14-8-7-13-33(34)35)25-28-15-17-30(18-16-28)29-9-3-1-4-10-29/h2,5-8,11-20,27,29H,1,3-4,9-10,21-26H2,(H,41,42). The van der Waals surface area contributed by atoms with Crippen molar-refractivity contribution >= 4 is 28.2 Å². The second kappa shape index (κ2) is 12.1. The highest BCUT2D eigenvalue weighted by molar-refractivity contribution is 7.15. The summed E-state index contributed by atoms with van der Waals surface area (Å²) in [5.74, 6) is 0.0386. The number of aromatic nitrogens is 1. The summed E-state index contributed by atoms with van der Waals surface area (Å²) >= 11 is 1.86. The zero-order chi connectivity index (χ0) is 29.2. The van der Waals surface area contributed by atoms with E-state index < -0.39 is 11.4 Å². The van der Waals surface area contributed by atoms with Crippen molar-refractivity contribution < 1.29 is 9.90 Å². The first-order valence-electron chi connectivity index (χ1n) is 15.9. The van der Waals surface area contributed by atoms with Gasteiger partial charge >= 0.3 is 5.97 Å². The lowest BCUT2D eigenvalue weighted by Crippen LogP contribution is -2.46. The quantitative estimate of drug-likeness (QED) is 0.197. The summed E-state index contributed by atoms with van der Waals surface area (Å²) < 4.78 is 2.40. The summed E-state index contributed by atoms with van der Waals surface area (Å²) in [4.78, 5) is 17.4. The summed E-state index contributed by atoms with van der Waals surface area (Å²) in [6, 6.07) is 32.5. The maximum atomic E-state index is 12.4. The molecule has 0 unspecified atom stereocenters. The van der Waals surface area contributed by atoms with Gasteiger partial charge in [-0.1, -0.05) is 92.1 Å². The molecule has 4 nitrogen and oxygen atoms in total. The van der Waals surface area contributed by atoms with E-state index in [9.17, 15) is 9.90 Å². The normalized spacial score (nSPS) is 17.8. The maximum absolute atomic E-state index is 12.4. The van der Waals surface area contributed by atoms with E-state index in [2.05, 4.69) is 76.3 Å². The molecule has 0 atom stereocenters. The molecule has 43 heavy (non-hydrogen) atoms. The molecule has 3 aromatic carbocycles. The molecule has 1 aliphatic carbocycles. The molecule has 220 valence electrons. The first-order chi connectivity index (χ1) is 21.1. The highest BCUT2D eigenvalue weighted by atomic mass is 32.1. The molecule has 2 aliphatic rings. The van der Waals surface area contributed by atoms with Gasteiger partial charge in [0.2, 0.25) is 0 Å². The topological polar surface area (TPSA) is 45.5 Å². The van der Waals surface area contributed by atoms with E-state index in [0.717, 1.165) is 37.7 Å². The number of thiophene rings is 1. The molecular weight excluding hydrogens is 548 g/mol. The molecule has 0 radical (unpaired) electrons. The van der Waals surface area contributed by atoms with E-state index in [1.165, 1.54) is 69.5 Å². The Morgan fingerprint density at radius 1 is 0.814 bits per heavy atom. The van der Waals surface area contributed by atoms with Gasteiger partial charge < -0.3 is 9.67 Å². The number of likely N-dealkylation sites (tertiary alicyclic amines) is 1. The second-order valence-corrected chi connectivity index (χ2v) is 13.7. The van der Waals surface area contributed by atoms with Crippen LogP contribution in [0.3, 0.4) is 0 Å². The Bertz CT molecular complexity index is 1690. The van der Waals surface area contributed by atoms with E-state index in [4.69, 9.17) is 0 Å². The van der Waals surface area contributed by atoms with E-state index in [-0.39, 0.29) is 0 Å². The van der Waals surface area contributed by atoms with Gasteiger partial charge in [0.05, 0.1) is 5.41 Å². The third-order valence-electron chi connectivity index (χ3n) is 9.95. The van der Waals surface area contributed by atoms with Crippen LogP contribution in [-0.2, 0) is 23.3 Å². The second-order valence-electron chi connectivity index (χ2n) is 12.6. The third kappa shape index (κ3) is 5.69. The van der Waals surface area contributed by atoms with E-state index in [1.54, 1.807) is 0 Å². The molecule has 1 saturated heterocycles. The Labute approximate surface area is 258 Å². The van der Waals surface area contributed by atoms with Crippen LogP contribution in [0.2, 0.25) is 0 Å². The number of piperidine rings is 1. The van der Waals surface area contributed by atoms with Gasteiger partial charge in [0.25, 0.3) is 0 Å². The fourth-order valence-electron chi connectivity index (χ4n) is 7.41. The van der Waals surface area contributed by atoms with Gasteiger partial charge in [-0.3, -0.25) is 9.69 Å². The van der Waals surface area contributed by atoms with Gasteiger partial charge in [-0.05, 0) is 79.6 Å². The van der Waals surface area contributed by atoms with Gasteiger partial charge in [0.1, 0.15) is 0 Å². The summed E-state index contributed by atoms with van der Waals surface area (Å²) in [6.45, 7) is 3.30. The van der Waals surface area contributed by atoms with E-state index >= 15 is 0 Å². The fourth-order valence-corrected chi connectivity index (χ4v) is 8.48. The Morgan fingerprint density at radius 3 is 2.28 bits per heavy atom. The Balaban J connectivity index is 1.06. The molecule has 1 N–H and O–H groups in total. The molecule has 2 aromatic heterocycles. The number of benzene rings is 3. The molecular formula is C38H40N2O2S. The number of hydrogen-bond donors (Lipinski definition) is 1. The van der Waals surface area contributed by atoms with Gasteiger partial charge in [0.15, 0.2) is 0 Å². The lowest BCUT2D eigenvalue weighted by Gasteiger charge is -2.39. The van der Waals surface area contributed by atoms with Crippen molar-refractivity contribution in [2.24, 2.45) is 0 Å². The monoisotopic (exact) mass is 588 g/mol. The van der Waals surface area contributed by atoms with Crippen molar-refractivity contribution in [1.82, 2.24) is 9.47 Å². The van der Waals surface area contributed by atoms with Crippen LogP contribution in [0.25, 0.3) is 21.3 Å². The molecule has 0 spiro atoms. The smallest absolute Gasteiger partial charge is 0.314 e. The number of para-hydroxylation sites is 1. The Hall–Kier alpha value is -3.67. The summed E-state index contributed by atoms with van der Waals surface area (Å²) in [5, 5.41) is 11.5. The number of carboxylic acids is 1. The summed E-state index contributed by atoms with van der Waals surface area (Å²) in [7, 11) is 0. The summed E-state index contributed by atoms with van der Waals surface area (Å²) in [5.41, 5.74) is 5.56. The number of nitrogens with zero attached hydrogens (tertiary/aromatic N) is 2. The molecule has 1 aliphatic heterocycles. The number of fused-ring (bicyclic) bond motifs is 1. The van der Waals surface area contributed by atoms with Crippen LogP contribution >= 0.6 is 11.3 Å². The number of carboxylic acid groups (broad SMARTS) is 1. The van der Waals surface area contributed by atoms with Crippen LogP contribution in [0.5, 0.6) is 0 Å². The molecule has 0 bridgehead atoms. The molecule has 2 fully saturated rings. The zero-order valence-corrected chi connectivity index (χ0v) is 25.6. The number of rotatable bonds is 8. The van der Waals surface area contributed by atoms with Crippen LogP contribution < -0.4 is 0 Å². The van der Waals surface area contributed by atoms with Crippen LogP contribution in [0.15, 0.2) is 97.2 Å². The van der Waals surface area contributed by atoms with E-state index in [0.29, 0.717) is 12.8 Å². The zero-order valence-electron chi connectivity index (χ0n) is 24.8. The summed E-state index contributed by atoms with van der Waals surface area (Å²) in [6.07, 6.45) is 10.4. The van der Waals surface area contributed by atoms with Crippen molar-refractivity contribution in [3.8, 4) is 10.4 Å². The maximum Gasteiger partial charge on any atom is 0.314 e.